The minimum atomic E-state index is -0.499. The van der Waals surface area contributed by atoms with E-state index in [0.717, 1.165) is 16.7 Å². The maximum Gasteiger partial charge on any atom is 0.407 e. The quantitative estimate of drug-likeness (QED) is 0.936. The average molecular weight is 283 g/mol. The molecule has 1 aromatic carbocycles. The van der Waals surface area contributed by atoms with Gasteiger partial charge in [-0.2, -0.15) is 0 Å². The topological polar surface area (TPSA) is 51.2 Å². The van der Waals surface area contributed by atoms with E-state index in [-0.39, 0.29) is 0 Å². The van der Waals surface area contributed by atoms with Gasteiger partial charge >= 0.3 is 6.09 Å². The van der Waals surface area contributed by atoms with E-state index < -0.39 is 11.7 Å². The Bertz CT molecular complexity index is 604. The monoisotopic (exact) mass is 283 g/mol. The first kappa shape index (κ1) is 15.0. The molecule has 1 amide bonds. The molecule has 4 nitrogen and oxygen atoms in total. The minimum Gasteiger partial charge on any atom is -0.444 e. The summed E-state index contributed by atoms with van der Waals surface area (Å²) in [4.78, 5) is 15.7. The standard InChI is InChI=1S/C17H19N2O2/c1-17(2,3)21-16(20)19-12-14-7-4-5-9-15(14)13-8-6-10-18-11-13/h4-10H,12H2,1-3H3,(H,19,20). The van der Waals surface area contributed by atoms with Crippen molar-refractivity contribution in [3.63, 3.8) is 0 Å². The van der Waals surface area contributed by atoms with Gasteiger partial charge in [-0.05, 0) is 38.0 Å². The summed E-state index contributed by atoms with van der Waals surface area (Å²) in [5.41, 5.74) is 2.40. The average Bonchev–Trinajstić information content (AvgIpc) is 2.45. The van der Waals surface area contributed by atoms with Gasteiger partial charge in [0.05, 0.1) is 6.20 Å². The van der Waals surface area contributed by atoms with Crippen molar-refractivity contribution in [1.82, 2.24) is 10.3 Å². The minimum absolute atomic E-state index is 0.397. The third-order valence-electron chi connectivity index (χ3n) is 2.74. The molecule has 1 radical (unpaired) electrons. The molecule has 0 bridgehead atoms. The zero-order chi connectivity index (χ0) is 15.3. The van der Waals surface area contributed by atoms with Crippen LogP contribution in [0.5, 0.6) is 0 Å². The normalized spacial score (nSPS) is 11.0. The van der Waals surface area contributed by atoms with E-state index in [4.69, 9.17) is 4.74 Å². The van der Waals surface area contributed by atoms with Gasteiger partial charge in [0.1, 0.15) is 5.60 Å². The van der Waals surface area contributed by atoms with Gasteiger partial charge in [0.15, 0.2) is 0 Å². The molecule has 1 aromatic heterocycles. The van der Waals surface area contributed by atoms with Crippen LogP contribution in [0.2, 0.25) is 0 Å². The second kappa shape index (κ2) is 6.39. The van der Waals surface area contributed by atoms with E-state index in [2.05, 4.69) is 16.5 Å². The number of nitrogens with zero attached hydrogens (tertiary/aromatic N) is 1. The number of nitrogens with one attached hydrogen (secondary N) is 1. The second-order valence-electron chi connectivity index (χ2n) is 5.68. The number of aromatic nitrogens is 1. The number of carbonyl (C=O) groups excluding carboxylic acids is 1. The van der Waals surface area contributed by atoms with Gasteiger partial charge in [-0.25, -0.2) is 4.79 Å². The fourth-order valence-electron chi connectivity index (χ4n) is 1.90. The van der Waals surface area contributed by atoms with E-state index in [1.54, 1.807) is 6.20 Å². The first-order valence-corrected chi connectivity index (χ1v) is 6.83. The summed E-state index contributed by atoms with van der Waals surface area (Å²) in [6, 6.07) is 11.6. The van der Waals surface area contributed by atoms with Crippen molar-refractivity contribution in [3.8, 4) is 11.1 Å². The summed E-state index contributed by atoms with van der Waals surface area (Å²) in [6.07, 6.45) is 4.22. The molecule has 0 fully saturated rings. The fraction of sp³-hybridized carbons (Fsp3) is 0.294. The molecule has 0 saturated heterocycles. The molecule has 0 atom stereocenters. The van der Waals surface area contributed by atoms with E-state index in [1.807, 2.05) is 57.2 Å². The molecule has 21 heavy (non-hydrogen) atoms. The van der Waals surface area contributed by atoms with Crippen LogP contribution in [-0.2, 0) is 11.3 Å². The Morgan fingerprint density at radius 2 is 2.00 bits per heavy atom. The summed E-state index contributed by atoms with van der Waals surface area (Å²) < 4.78 is 5.23. The molecule has 109 valence electrons. The molecule has 0 spiro atoms. The second-order valence-corrected chi connectivity index (χ2v) is 5.68. The van der Waals surface area contributed by atoms with Gasteiger partial charge in [0.2, 0.25) is 0 Å². The highest BCUT2D eigenvalue weighted by molar-refractivity contribution is 5.70. The number of hydrogen-bond donors (Lipinski definition) is 1. The zero-order valence-corrected chi connectivity index (χ0v) is 12.5. The lowest BCUT2D eigenvalue weighted by Crippen LogP contribution is -2.32. The highest BCUT2D eigenvalue weighted by Crippen LogP contribution is 2.22. The number of benzene rings is 1. The van der Waals surface area contributed by atoms with Crippen molar-refractivity contribution in [2.24, 2.45) is 0 Å². The molecule has 0 unspecified atom stereocenters. The molecule has 4 heteroatoms. The molecule has 0 aliphatic rings. The third kappa shape index (κ3) is 4.60. The Balaban J connectivity index is 2.10. The van der Waals surface area contributed by atoms with Crippen molar-refractivity contribution in [2.75, 3.05) is 0 Å². The summed E-state index contributed by atoms with van der Waals surface area (Å²) >= 11 is 0. The van der Waals surface area contributed by atoms with Crippen molar-refractivity contribution >= 4 is 6.09 Å². The Kier molecular flexibility index (Phi) is 4.58. The molecule has 2 rings (SSSR count). The molecular formula is C17H19N2O2. The summed E-state index contributed by atoms with van der Waals surface area (Å²) in [6.45, 7) is 5.91. The fourth-order valence-corrected chi connectivity index (χ4v) is 1.90. The van der Waals surface area contributed by atoms with Gasteiger partial charge in [-0.1, -0.05) is 30.3 Å². The van der Waals surface area contributed by atoms with E-state index in [9.17, 15) is 4.79 Å². The zero-order valence-electron chi connectivity index (χ0n) is 12.5. The molecule has 0 saturated carbocycles. The molecule has 2 aromatic rings. The summed E-state index contributed by atoms with van der Waals surface area (Å²) in [7, 11) is 0. The van der Waals surface area contributed by atoms with E-state index >= 15 is 0 Å². The molecule has 1 N–H and O–H groups in total. The number of hydrogen-bond acceptors (Lipinski definition) is 3. The highest BCUT2D eigenvalue weighted by atomic mass is 16.6. The maximum atomic E-state index is 11.7. The SMILES string of the molecule is CC(C)(C)OC(=O)NCc1ccccc1-c1[c]nccc1. The predicted molar refractivity (Wildman–Crippen MR) is 81.6 cm³/mol. The van der Waals surface area contributed by atoms with Crippen LogP contribution >= 0.6 is 0 Å². The Hall–Kier alpha value is -2.36. The highest BCUT2D eigenvalue weighted by Gasteiger charge is 2.16. The van der Waals surface area contributed by atoms with Crippen molar-refractivity contribution < 1.29 is 9.53 Å². The van der Waals surface area contributed by atoms with Crippen molar-refractivity contribution in [3.05, 3.63) is 54.4 Å². The lowest BCUT2D eigenvalue weighted by atomic mass is 10.0. The number of ether oxygens (including phenoxy) is 1. The van der Waals surface area contributed by atoms with Crippen molar-refractivity contribution in [2.45, 2.75) is 32.9 Å². The number of alkyl carbamates (subject to hydrolysis) is 1. The molecule has 1 heterocycles. The third-order valence-corrected chi connectivity index (χ3v) is 2.74. The molecule has 0 aliphatic carbocycles. The Morgan fingerprint density at radius 1 is 1.24 bits per heavy atom. The lowest BCUT2D eigenvalue weighted by Gasteiger charge is -2.20. The maximum absolute atomic E-state index is 11.7. The number of rotatable bonds is 3. The van der Waals surface area contributed by atoms with Gasteiger partial charge in [-0.3, -0.25) is 4.98 Å². The van der Waals surface area contributed by atoms with Crippen LogP contribution in [0.1, 0.15) is 26.3 Å². The largest absolute Gasteiger partial charge is 0.444 e. The summed E-state index contributed by atoms with van der Waals surface area (Å²) in [5.74, 6) is 0. The predicted octanol–water partition coefficient (Wildman–Crippen LogP) is 3.57. The van der Waals surface area contributed by atoms with Gasteiger partial charge in [0.25, 0.3) is 0 Å². The van der Waals surface area contributed by atoms with Crippen LogP contribution in [0, 0.1) is 6.20 Å². The van der Waals surface area contributed by atoms with E-state index in [0.29, 0.717) is 6.54 Å². The first-order valence-electron chi connectivity index (χ1n) is 6.83. The first-order chi connectivity index (χ1) is 9.96. The van der Waals surface area contributed by atoms with Crippen molar-refractivity contribution in [1.29, 1.82) is 0 Å². The van der Waals surface area contributed by atoms with Gasteiger partial charge in [-0.15, -0.1) is 0 Å². The number of carbonyl (C=O) groups is 1. The van der Waals surface area contributed by atoms with Crippen LogP contribution in [-0.4, -0.2) is 16.7 Å². The molecular weight excluding hydrogens is 264 g/mol. The lowest BCUT2D eigenvalue weighted by molar-refractivity contribution is 0.0523. The number of amides is 1. The van der Waals surface area contributed by atoms with Gasteiger partial charge < -0.3 is 10.1 Å². The van der Waals surface area contributed by atoms with Crippen LogP contribution < -0.4 is 5.32 Å². The van der Waals surface area contributed by atoms with Crippen LogP contribution in [0.25, 0.3) is 11.1 Å². The summed E-state index contributed by atoms with van der Waals surface area (Å²) in [5, 5.41) is 2.77. The van der Waals surface area contributed by atoms with Crippen LogP contribution in [0.15, 0.2) is 42.6 Å². The Labute approximate surface area is 125 Å². The van der Waals surface area contributed by atoms with Gasteiger partial charge in [0, 0.05) is 18.3 Å². The van der Waals surface area contributed by atoms with E-state index in [1.165, 1.54) is 0 Å². The van der Waals surface area contributed by atoms with Crippen LogP contribution in [0.3, 0.4) is 0 Å². The molecule has 0 aliphatic heterocycles. The smallest absolute Gasteiger partial charge is 0.407 e. The van der Waals surface area contributed by atoms with Crippen LogP contribution in [0.4, 0.5) is 4.79 Å². The Morgan fingerprint density at radius 3 is 2.67 bits per heavy atom. The number of pyridine rings is 1.